The minimum Gasteiger partial charge on any atom is -0.379 e. The van der Waals surface area contributed by atoms with Gasteiger partial charge in [0.05, 0.1) is 31.4 Å². The minimum atomic E-state index is -0.302. The molecule has 3 aliphatic heterocycles. The van der Waals surface area contributed by atoms with Crippen molar-refractivity contribution in [2.24, 2.45) is 0 Å². The number of anilines is 1. The molecule has 0 saturated carbocycles. The second-order valence-electron chi connectivity index (χ2n) is 8.12. The van der Waals surface area contributed by atoms with Gasteiger partial charge < -0.3 is 15.0 Å². The lowest BCUT2D eigenvalue weighted by molar-refractivity contribution is -0.125. The Hall–Kier alpha value is -2.62. The number of nitrogens with one attached hydrogen (secondary N) is 2. The predicted molar refractivity (Wildman–Crippen MR) is 117 cm³/mol. The molecule has 2 fully saturated rings. The maximum atomic E-state index is 12.7. The zero-order valence-corrected chi connectivity index (χ0v) is 17.9. The fourth-order valence-electron chi connectivity index (χ4n) is 4.33. The van der Waals surface area contributed by atoms with Crippen molar-refractivity contribution in [2.75, 3.05) is 37.4 Å². The van der Waals surface area contributed by atoms with Crippen LogP contribution in [0.3, 0.4) is 0 Å². The summed E-state index contributed by atoms with van der Waals surface area (Å²) in [7, 11) is 0. The van der Waals surface area contributed by atoms with Gasteiger partial charge in [0.15, 0.2) is 0 Å². The summed E-state index contributed by atoms with van der Waals surface area (Å²) >= 11 is 1.03. The van der Waals surface area contributed by atoms with Crippen molar-refractivity contribution in [1.82, 2.24) is 14.8 Å². The molecule has 1 aromatic carbocycles. The number of nitrogens with zero attached hydrogens (tertiary/aromatic N) is 2. The molecule has 2 N–H and O–H groups in total. The highest BCUT2D eigenvalue weighted by atomic mass is 32.2. The second kappa shape index (κ2) is 8.49. The lowest BCUT2D eigenvalue weighted by Gasteiger charge is -2.26. The summed E-state index contributed by atoms with van der Waals surface area (Å²) in [6.07, 6.45) is 2.58. The number of imide groups is 1. The number of H-pyrrole nitrogens is 1. The summed E-state index contributed by atoms with van der Waals surface area (Å²) < 4.78 is 5.40. The number of rotatable bonds is 6. The van der Waals surface area contributed by atoms with Crippen LogP contribution in [0.1, 0.15) is 28.3 Å². The van der Waals surface area contributed by atoms with Crippen LogP contribution in [0.2, 0.25) is 0 Å². The number of carbonyl (C=O) groups is 3. The van der Waals surface area contributed by atoms with E-state index in [1.165, 1.54) is 10.5 Å². The van der Waals surface area contributed by atoms with Gasteiger partial charge in [-0.25, -0.2) is 0 Å². The first kappa shape index (κ1) is 20.3. The Morgan fingerprint density at radius 3 is 2.68 bits per heavy atom. The molecule has 0 bridgehead atoms. The first-order chi connectivity index (χ1) is 15.1. The fraction of sp³-hybridized carbons (Fsp3) is 0.409. The largest absolute Gasteiger partial charge is 0.379 e. The lowest BCUT2D eigenvalue weighted by Crippen LogP contribution is -2.35. The molecule has 0 radical (unpaired) electrons. The number of thioether (sulfide) groups is 1. The van der Waals surface area contributed by atoms with Crippen LogP contribution in [0.15, 0.2) is 30.5 Å². The Morgan fingerprint density at radius 2 is 1.90 bits per heavy atom. The van der Waals surface area contributed by atoms with Crippen LogP contribution in [0.25, 0.3) is 0 Å². The molecule has 0 aliphatic carbocycles. The van der Waals surface area contributed by atoms with Crippen LogP contribution in [0, 0.1) is 0 Å². The van der Waals surface area contributed by atoms with Gasteiger partial charge in [-0.05, 0) is 28.8 Å². The number of morpholine rings is 1. The van der Waals surface area contributed by atoms with Crippen LogP contribution in [0.5, 0.6) is 0 Å². The first-order valence-electron chi connectivity index (χ1n) is 10.4. The number of fused-ring (bicyclic) bond motifs is 1. The van der Waals surface area contributed by atoms with Gasteiger partial charge in [-0.15, -0.1) is 0 Å². The second-order valence-corrected chi connectivity index (χ2v) is 9.05. The van der Waals surface area contributed by atoms with Crippen molar-refractivity contribution >= 4 is 34.5 Å². The van der Waals surface area contributed by atoms with Gasteiger partial charge in [-0.2, -0.15) is 0 Å². The molecule has 4 heterocycles. The van der Waals surface area contributed by atoms with Gasteiger partial charge in [-0.1, -0.05) is 23.9 Å². The molecule has 3 aliphatic rings. The van der Waals surface area contributed by atoms with Gasteiger partial charge in [0, 0.05) is 43.6 Å². The molecule has 5 rings (SSSR count). The smallest absolute Gasteiger partial charge is 0.289 e. The summed E-state index contributed by atoms with van der Waals surface area (Å²) in [5.41, 5.74) is 4.78. The van der Waals surface area contributed by atoms with E-state index in [4.69, 9.17) is 4.74 Å². The SMILES string of the molecule is O=C1Nc2ccc(CN3C(=O)CSC3=O)cc2C1Cc1cc(CN2CCOCC2)c[nH]1. The molecule has 3 amide bonds. The third kappa shape index (κ3) is 4.26. The molecule has 1 atom stereocenters. The molecule has 9 heteroatoms. The van der Waals surface area contributed by atoms with E-state index >= 15 is 0 Å². The van der Waals surface area contributed by atoms with Gasteiger partial charge in [0.2, 0.25) is 11.8 Å². The van der Waals surface area contributed by atoms with Gasteiger partial charge in [0.1, 0.15) is 0 Å². The van der Waals surface area contributed by atoms with Gasteiger partial charge >= 0.3 is 0 Å². The van der Waals surface area contributed by atoms with Crippen LogP contribution in [-0.2, 0) is 33.8 Å². The normalized spacial score (nSPS) is 21.6. The maximum absolute atomic E-state index is 12.7. The molecule has 1 unspecified atom stereocenters. The number of carbonyl (C=O) groups excluding carboxylic acids is 3. The Kier molecular flexibility index (Phi) is 5.56. The van der Waals surface area contributed by atoms with Gasteiger partial charge in [0.25, 0.3) is 5.24 Å². The summed E-state index contributed by atoms with van der Waals surface area (Å²) in [5, 5.41) is 2.74. The number of aromatic amines is 1. The lowest BCUT2D eigenvalue weighted by atomic mass is 9.94. The number of hydrogen-bond donors (Lipinski definition) is 2. The van der Waals surface area contributed by atoms with Crippen LogP contribution >= 0.6 is 11.8 Å². The van der Waals surface area contributed by atoms with Crippen molar-refractivity contribution in [3.05, 3.63) is 52.8 Å². The number of benzene rings is 1. The van der Waals surface area contributed by atoms with E-state index in [9.17, 15) is 14.4 Å². The minimum absolute atomic E-state index is 0.0274. The zero-order valence-electron chi connectivity index (χ0n) is 17.1. The van der Waals surface area contributed by atoms with E-state index in [0.717, 1.165) is 67.1 Å². The topological polar surface area (TPSA) is 94.7 Å². The van der Waals surface area contributed by atoms with E-state index in [0.29, 0.717) is 6.42 Å². The van der Waals surface area contributed by atoms with Crippen molar-refractivity contribution < 1.29 is 19.1 Å². The third-order valence-corrected chi connectivity index (χ3v) is 6.84. The highest BCUT2D eigenvalue weighted by molar-refractivity contribution is 8.14. The number of amides is 3. The number of ether oxygens (including phenoxy) is 1. The molecule has 2 saturated heterocycles. The van der Waals surface area contributed by atoms with Crippen LogP contribution < -0.4 is 5.32 Å². The van der Waals surface area contributed by atoms with Crippen molar-refractivity contribution in [1.29, 1.82) is 0 Å². The summed E-state index contributed by atoms with van der Waals surface area (Å²) in [5.74, 6) is -0.295. The molecular formula is C22H24N4O4S. The Morgan fingerprint density at radius 1 is 1.06 bits per heavy atom. The van der Waals surface area contributed by atoms with Crippen LogP contribution in [0.4, 0.5) is 10.5 Å². The molecule has 0 spiro atoms. The van der Waals surface area contributed by atoms with Crippen LogP contribution in [-0.4, -0.2) is 63.9 Å². The molecule has 162 valence electrons. The van der Waals surface area contributed by atoms with Crippen molar-refractivity contribution in [3.63, 3.8) is 0 Å². The van der Waals surface area contributed by atoms with E-state index in [1.807, 2.05) is 24.4 Å². The Balaban J connectivity index is 1.29. The van der Waals surface area contributed by atoms with E-state index in [1.54, 1.807) is 0 Å². The fourth-order valence-corrected chi connectivity index (χ4v) is 5.06. The highest BCUT2D eigenvalue weighted by Crippen LogP contribution is 2.36. The number of hydrogen-bond acceptors (Lipinski definition) is 6. The monoisotopic (exact) mass is 440 g/mol. The average Bonchev–Trinajstić information content (AvgIpc) is 3.43. The van der Waals surface area contributed by atoms with E-state index in [-0.39, 0.29) is 35.3 Å². The Labute approximate surface area is 184 Å². The molecule has 31 heavy (non-hydrogen) atoms. The quantitative estimate of drug-likeness (QED) is 0.716. The molecule has 2 aromatic rings. The van der Waals surface area contributed by atoms with Crippen molar-refractivity contribution in [3.8, 4) is 0 Å². The van der Waals surface area contributed by atoms with E-state index in [2.05, 4.69) is 21.3 Å². The average molecular weight is 441 g/mol. The number of aromatic nitrogens is 1. The summed E-state index contributed by atoms with van der Waals surface area (Å²) in [4.78, 5) is 43.4. The van der Waals surface area contributed by atoms with E-state index < -0.39 is 0 Å². The summed E-state index contributed by atoms with van der Waals surface area (Å²) in [6, 6.07) is 7.79. The predicted octanol–water partition coefficient (Wildman–Crippen LogP) is 2.32. The molecule has 1 aromatic heterocycles. The standard InChI is InChI=1S/C22H24N4O4S/c27-20-13-31-22(29)26(20)12-14-1-2-19-17(8-14)18(21(28)24-19)9-16-7-15(10-23-16)11-25-3-5-30-6-4-25/h1-2,7-8,10,18,23H,3-6,9,11-13H2,(H,24,28). The highest BCUT2D eigenvalue weighted by Gasteiger charge is 2.33. The van der Waals surface area contributed by atoms with Gasteiger partial charge in [-0.3, -0.25) is 24.2 Å². The molecule has 8 nitrogen and oxygen atoms in total. The third-order valence-electron chi connectivity index (χ3n) is 5.98. The summed E-state index contributed by atoms with van der Waals surface area (Å²) in [6.45, 7) is 4.51. The Bertz CT molecular complexity index is 1010. The molecular weight excluding hydrogens is 416 g/mol. The first-order valence-corrected chi connectivity index (χ1v) is 11.4. The van der Waals surface area contributed by atoms with Crippen molar-refractivity contribution in [2.45, 2.75) is 25.4 Å². The zero-order chi connectivity index (χ0) is 21.4. The maximum Gasteiger partial charge on any atom is 0.289 e.